The second-order valence-corrected chi connectivity index (χ2v) is 12.6. The van der Waals surface area contributed by atoms with Gasteiger partial charge in [-0.1, -0.05) is 0 Å². The number of rotatable bonds is 8. The van der Waals surface area contributed by atoms with Crippen molar-refractivity contribution in [2.45, 2.75) is 56.3 Å². The molecule has 0 N–H and O–H groups in total. The Kier molecular flexibility index (Phi) is 6.93. The van der Waals surface area contributed by atoms with Crippen molar-refractivity contribution < 1.29 is 19.0 Å². The summed E-state index contributed by atoms with van der Waals surface area (Å²) in [6, 6.07) is 9.88. The number of nitriles is 1. The number of carbonyl (C=O) groups is 1. The minimum Gasteiger partial charge on any atom is -0.491 e. The summed E-state index contributed by atoms with van der Waals surface area (Å²) < 4.78 is 19.2. The number of fused-ring (bicyclic) bond motifs is 5. The van der Waals surface area contributed by atoms with Crippen LogP contribution in [0.3, 0.4) is 0 Å². The quantitative estimate of drug-likeness (QED) is 0.396. The molecule has 11 nitrogen and oxygen atoms in total. The molecule has 0 aliphatic carbocycles. The fourth-order valence-electron chi connectivity index (χ4n) is 7.86. The third-order valence-corrected chi connectivity index (χ3v) is 10.1. The molecule has 6 fully saturated rings. The maximum absolute atomic E-state index is 13.0. The van der Waals surface area contributed by atoms with Gasteiger partial charge in [0.05, 0.1) is 48.8 Å². The van der Waals surface area contributed by atoms with Crippen LogP contribution in [0.2, 0.25) is 0 Å². The molecule has 5 unspecified atom stereocenters. The Morgan fingerprint density at radius 3 is 2.60 bits per heavy atom. The van der Waals surface area contributed by atoms with Crippen LogP contribution in [-0.4, -0.2) is 107 Å². The first-order chi connectivity index (χ1) is 21.1. The summed E-state index contributed by atoms with van der Waals surface area (Å²) in [6.07, 6.45) is 10.4. The van der Waals surface area contributed by atoms with Crippen LogP contribution in [0.4, 0.5) is 5.82 Å². The molecule has 6 aliphatic rings. The number of anilines is 1. The van der Waals surface area contributed by atoms with E-state index in [1.165, 1.54) is 12.8 Å². The molecule has 0 aromatic carbocycles. The van der Waals surface area contributed by atoms with E-state index in [1.54, 1.807) is 10.7 Å². The van der Waals surface area contributed by atoms with Crippen LogP contribution >= 0.6 is 0 Å². The monoisotopic (exact) mass is 583 g/mol. The number of hydrogen-bond donors (Lipinski definition) is 0. The Morgan fingerprint density at radius 1 is 1.05 bits per heavy atom. The van der Waals surface area contributed by atoms with E-state index in [4.69, 9.17) is 19.2 Å². The number of hydrogen-bond acceptors (Lipinski definition) is 9. The van der Waals surface area contributed by atoms with E-state index in [-0.39, 0.29) is 18.0 Å². The van der Waals surface area contributed by atoms with Crippen LogP contribution in [0.25, 0.3) is 16.6 Å². The minimum atomic E-state index is 0.251. The summed E-state index contributed by atoms with van der Waals surface area (Å²) in [5.41, 5.74) is 3.03. The zero-order chi connectivity index (χ0) is 28.9. The molecule has 224 valence electrons. The van der Waals surface area contributed by atoms with Crippen LogP contribution in [-0.2, 0) is 14.3 Å². The van der Waals surface area contributed by atoms with Crippen LogP contribution < -0.4 is 9.64 Å². The van der Waals surface area contributed by atoms with Gasteiger partial charge >= 0.3 is 0 Å². The number of pyridine rings is 2. The third kappa shape index (κ3) is 4.91. The highest BCUT2D eigenvalue weighted by Gasteiger charge is 2.47. The zero-order valence-corrected chi connectivity index (χ0v) is 24.3. The molecule has 1 amide bonds. The van der Waals surface area contributed by atoms with E-state index in [9.17, 15) is 10.1 Å². The molecule has 0 radical (unpaired) electrons. The molecule has 3 aromatic heterocycles. The standard InChI is InChI=1S/C32H37N7O4/c33-12-23-14-35-38-17-28(43-8-6-37-24-2-3-25(37)20-42-19-24)11-29(32(23)38)22-1-4-30(34-13-22)36-15-26-10-27(16-36)39(26)31(40)9-21-5-7-41-18-21/h1,4,11,13-14,17,21,24-27H,2-3,5-10,15-16,18-20H2. The number of piperidine rings is 1. The van der Waals surface area contributed by atoms with Crippen LogP contribution in [0.15, 0.2) is 36.8 Å². The Morgan fingerprint density at radius 2 is 1.88 bits per heavy atom. The number of ether oxygens (including phenoxy) is 3. The third-order valence-electron chi connectivity index (χ3n) is 10.1. The topological polar surface area (TPSA) is 108 Å². The lowest BCUT2D eigenvalue weighted by Gasteiger charge is -2.56. The van der Waals surface area contributed by atoms with Gasteiger partial charge in [-0.3, -0.25) is 9.69 Å². The first-order valence-electron chi connectivity index (χ1n) is 15.6. The predicted molar refractivity (Wildman–Crippen MR) is 158 cm³/mol. The molecule has 11 heteroatoms. The first kappa shape index (κ1) is 26.9. The predicted octanol–water partition coefficient (Wildman–Crippen LogP) is 2.73. The molecule has 0 saturated carbocycles. The van der Waals surface area contributed by atoms with E-state index in [2.05, 4.69) is 31.9 Å². The summed E-state index contributed by atoms with van der Waals surface area (Å²) in [6.45, 7) is 6.15. The lowest BCUT2D eigenvalue weighted by molar-refractivity contribution is -0.147. The largest absolute Gasteiger partial charge is 0.491 e. The van der Waals surface area contributed by atoms with Gasteiger partial charge in [0.15, 0.2) is 0 Å². The van der Waals surface area contributed by atoms with Crippen LogP contribution in [0.1, 0.15) is 37.7 Å². The molecule has 9 heterocycles. The Labute approximate surface area is 250 Å². The van der Waals surface area contributed by atoms with Crippen molar-refractivity contribution in [2.24, 2.45) is 5.92 Å². The highest BCUT2D eigenvalue weighted by Crippen LogP contribution is 2.37. The second kappa shape index (κ2) is 11.1. The van der Waals surface area contributed by atoms with Crippen LogP contribution in [0.5, 0.6) is 5.75 Å². The number of piperazine rings is 1. The van der Waals surface area contributed by atoms with Gasteiger partial charge in [-0.25, -0.2) is 9.50 Å². The van der Waals surface area contributed by atoms with Gasteiger partial charge < -0.3 is 24.0 Å². The van der Waals surface area contributed by atoms with Gasteiger partial charge in [-0.2, -0.15) is 10.4 Å². The lowest BCUT2D eigenvalue weighted by atomic mass is 9.86. The highest BCUT2D eigenvalue weighted by atomic mass is 16.5. The molecule has 43 heavy (non-hydrogen) atoms. The summed E-state index contributed by atoms with van der Waals surface area (Å²) in [5, 5.41) is 14.2. The smallest absolute Gasteiger partial charge is 0.223 e. The van der Waals surface area contributed by atoms with E-state index >= 15 is 0 Å². The van der Waals surface area contributed by atoms with Gasteiger partial charge in [0.2, 0.25) is 5.91 Å². The van der Waals surface area contributed by atoms with E-state index in [0.717, 1.165) is 74.8 Å². The van der Waals surface area contributed by atoms with Gasteiger partial charge in [-0.15, -0.1) is 0 Å². The SMILES string of the molecule is N#Cc1cnn2cc(OCCN3C4CCC3COC4)cc(-c3ccc(N4CC5CC(C4)N5C(=O)CC4CCOC4)nc3)c12. The maximum atomic E-state index is 13.0. The summed E-state index contributed by atoms with van der Waals surface area (Å²) in [4.78, 5) is 24.7. The van der Waals surface area contributed by atoms with Gasteiger partial charge in [-0.05, 0) is 49.8 Å². The minimum absolute atomic E-state index is 0.251. The molecular weight excluding hydrogens is 546 g/mol. The summed E-state index contributed by atoms with van der Waals surface area (Å²) in [7, 11) is 0. The first-order valence-corrected chi connectivity index (χ1v) is 15.6. The molecule has 5 atom stereocenters. The zero-order valence-electron chi connectivity index (χ0n) is 24.3. The van der Waals surface area contributed by atoms with Gasteiger partial charge in [0.25, 0.3) is 0 Å². The normalized spacial score (nSPS) is 28.2. The average molecular weight is 584 g/mol. The number of amides is 1. The van der Waals surface area contributed by atoms with Gasteiger partial charge in [0.1, 0.15) is 24.2 Å². The lowest BCUT2D eigenvalue weighted by Crippen LogP contribution is -2.70. The molecule has 9 rings (SSSR count). The van der Waals surface area contributed by atoms with Crippen molar-refractivity contribution in [1.29, 1.82) is 5.26 Å². The summed E-state index contributed by atoms with van der Waals surface area (Å²) in [5.74, 6) is 2.26. The number of nitrogens with zero attached hydrogens (tertiary/aromatic N) is 7. The molecule has 0 spiro atoms. The fraction of sp³-hybridized carbons (Fsp3) is 0.562. The Balaban J connectivity index is 0.966. The fourth-order valence-corrected chi connectivity index (χ4v) is 7.86. The van der Waals surface area contributed by atoms with Crippen molar-refractivity contribution >= 4 is 17.2 Å². The Hall–Kier alpha value is -3.72. The van der Waals surface area contributed by atoms with Crippen molar-refractivity contribution in [3.05, 3.63) is 42.4 Å². The van der Waals surface area contributed by atoms with Gasteiger partial charge in [0, 0.05) is 68.7 Å². The second-order valence-electron chi connectivity index (χ2n) is 12.6. The number of aromatic nitrogens is 3. The van der Waals surface area contributed by atoms with Crippen molar-refractivity contribution in [3.63, 3.8) is 0 Å². The summed E-state index contributed by atoms with van der Waals surface area (Å²) >= 11 is 0. The average Bonchev–Trinajstić information content (AvgIpc) is 3.74. The van der Waals surface area contributed by atoms with Crippen molar-refractivity contribution in [2.75, 3.05) is 57.6 Å². The Bertz CT molecular complexity index is 1520. The van der Waals surface area contributed by atoms with Crippen LogP contribution in [0, 0.1) is 17.2 Å². The molecular formula is C32H37N7O4. The number of morpholine rings is 1. The van der Waals surface area contributed by atoms with E-state index in [0.29, 0.717) is 48.9 Å². The maximum Gasteiger partial charge on any atom is 0.223 e. The molecule has 4 bridgehead atoms. The van der Waals surface area contributed by atoms with E-state index in [1.807, 2.05) is 24.5 Å². The molecule has 6 aliphatic heterocycles. The van der Waals surface area contributed by atoms with Crippen molar-refractivity contribution in [1.82, 2.24) is 24.4 Å². The molecule has 6 saturated heterocycles. The van der Waals surface area contributed by atoms with Crippen molar-refractivity contribution in [3.8, 4) is 22.9 Å². The molecule has 3 aromatic rings. The highest BCUT2D eigenvalue weighted by molar-refractivity contribution is 5.85. The van der Waals surface area contributed by atoms with E-state index < -0.39 is 0 Å². The number of carbonyl (C=O) groups excluding carboxylic acids is 1.